The van der Waals surface area contributed by atoms with Crippen LogP contribution in [0.3, 0.4) is 0 Å². The summed E-state index contributed by atoms with van der Waals surface area (Å²) in [5.74, 6) is 0.882. The van der Waals surface area contributed by atoms with Gasteiger partial charge >= 0.3 is 0 Å². The first-order valence-corrected chi connectivity index (χ1v) is 8.79. The maximum absolute atomic E-state index is 12.5. The molecule has 1 amide bonds. The fraction of sp³-hybridized carbons (Fsp3) is 0.350. The molecule has 3 aromatic rings. The van der Waals surface area contributed by atoms with Gasteiger partial charge in [0.05, 0.1) is 23.6 Å². The predicted molar refractivity (Wildman–Crippen MR) is 100 cm³/mol. The minimum atomic E-state index is -0.283. The van der Waals surface area contributed by atoms with Crippen molar-refractivity contribution < 1.29 is 9.32 Å². The lowest BCUT2D eigenvalue weighted by Gasteiger charge is -2.06. The topological polar surface area (TPSA) is 73.0 Å². The summed E-state index contributed by atoms with van der Waals surface area (Å²) in [6, 6.07) is 11.8. The van der Waals surface area contributed by atoms with E-state index in [1.165, 1.54) is 0 Å². The minimum absolute atomic E-state index is 0.283. The summed E-state index contributed by atoms with van der Waals surface area (Å²) in [4.78, 5) is 12.5. The standard InChI is InChI=1S/C20H24N4O2/c1-13(2)10-17-11-18(23-26-17)20(25)21-19-14(3)22-24(15(19)4)12-16-8-6-5-7-9-16/h5-9,11,13H,10,12H2,1-4H3,(H,21,25). The van der Waals surface area contributed by atoms with Crippen LogP contribution in [0, 0.1) is 19.8 Å². The molecule has 2 heterocycles. The average molecular weight is 352 g/mol. The number of rotatable bonds is 6. The molecule has 2 aromatic heterocycles. The lowest BCUT2D eigenvalue weighted by Crippen LogP contribution is -2.13. The fourth-order valence-electron chi connectivity index (χ4n) is 2.88. The van der Waals surface area contributed by atoms with E-state index >= 15 is 0 Å². The Bertz CT molecular complexity index is 894. The Morgan fingerprint density at radius 2 is 1.96 bits per heavy atom. The highest BCUT2D eigenvalue weighted by atomic mass is 16.5. The van der Waals surface area contributed by atoms with Crippen LogP contribution < -0.4 is 5.32 Å². The van der Waals surface area contributed by atoms with Gasteiger partial charge in [-0.1, -0.05) is 49.3 Å². The molecule has 1 N–H and O–H groups in total. The van der Waals surface area contributed by atoms with Gasteiger partial charge in [0.25, 0.3) is 5.91 Å². The van der Waals surface area contributed by atoms with Crippen LogP contribution in [-0.4, -0.2) is 20.8 Å². The number of carbonyl (C=O) groups excluding carboxylic acids is 1. The molecule has 0 atom stereocenters. The molecule has 1 aromatic carbocycles. The molecule has 0 spiro atoms. The van der Waals surface area contributed by atoms with Crippen LogP contribution in [0.2, 0.25) is 0 Å². The van der Waals surface area contributed by atoms with Gasteiger partial charge < -0.3 is 9.84 Å². The molecule has 0 unspecified atom stereocenters. The first-order chi connectivity index (χ1) is 12.4. The zero-order valence-electron chi connectivity index (χ0n) is 15.6. The number of amides is 1. The van der Waals surface area contributed by atoms with Crippen molar-refractivity contribution in [2.24, 2.45) is 5.92 Å². The van der Waals surface area contributed by atoms with Gasteiger partial charge in [-0.25, -0.2) is 0 Å². The van der Waals surface area contributed by atoms with E-state index in [1.54, 1.807) is 6.07 Å². The van der Waals surface area contributed by atoms with Gasteiger partial charge in [0.2, 0.25) is 0 Å². The Kier molecular flexibility index (Phi) is 5.21. The van der Waals surface area contributed by atoms with Crippen molar-refractivity contribution in [3.63, 3.8) is 0 Å². The molecule has 0 saturated carbocycles. The largest absolute Gasteiger partial charge is 0.361 e. The maximum Gasteiger partial charge on any atom is 0.277 e. The number of anilines is 1. The summed E-state index contributed by atoms with van der Waals surface area (Å²) in [5.41, 5.74) is 3.85. The van der Waals surface area contributed by atoms with E-state index in [-0.39, 0.29) is 11.6 Å². The van der Waals surface area contributed by atoms with E-state index < -0.39 is 0 Å². The van der Waals surface area contributed by atoms with E-state index in [4.69, 9.17) is 4.52 Å². The van der Waals surface area contributed by atoms with Crippen molar-refractivity contribution in [1.29, 1.82) is 0 Å². The molecule has 0 saturated heterocycles. The molecule has 0 aliphatic carbocycles. The van der Waals surface area contributed by atoms with Crippen molar-refractivity contribution in [2.75, 3.05) is 5.32 Å². The zero-order chi connectivity index (χ0) is 18.7. The van der Waals surface area contributed by atoms with Crippen LogP contribution in [0.1, 0.15) is 47.0 Å². The first kappa shape index (κ1) is 17.9. The lowest BCUT2D eigenvalue weighted by atomic mass is 10.1. The molecule has 0 bridgehead atoms. The van der Waals surface area contributed by atoms with Gasteiger partial charge in [-0.3, -0.25) is 9.48 Å². The number of hydrogen-bond donors (Lipinski definition) is 1. The van der Waals surface area contributed by atoms with Crippen molar-refractivity contribution in [3.05, 3.63) is 64.8 Å². The van der Waals surface area contributed by atoms with Gasteiger partial charge in [-0.05, 0) is 25.3 Å². The fourth-order valence-corrected chi connectivity index (χ4v) is 2.88. The summed E-state index contributed by atoms with van der Waals surface area (Å²) in [6.07, 6.45) is 0.757. The van der Waals surface area contributed by atoms with Crippen molar-refractivity contribution in [1.82, 2.24) is 14.9 Å². The average Bonchev–Trinajstić information content (AvgIpc) is 3.16. The van der Waals surface area contributed by atoms with Gasteiger partial charge in [-0.15, -0.1) is 0 Å². The van der Waals surface area contributed by atoms with Crippen LogP contribution >= 0.6 is 0 Å². The number of aromatic nitrogens is 3. The second kappa shape index (κ2) is 7.56. The molecular weight excluding hydrogens is 328 g/mol. The van der Waals surface area contributed by atoms with Crippen LogP contribution in [0.5, 0.6) is 0 Å². The molecule has 3 rings (SSSR count). The number of hydrogen-bond acceptors (Lipinski definition) is 4. The number of nitrogens with zero attached hydrogens (tertiary/aromatic N) is 3. The van der Waals surface area contributed by atoms with Crippen molar-refractivity contribution in [2.45, 2.75) is 40.7 Å². The Morgan fingerprint density at radius 3 is 2.65 bits per heavy atom. The SMILES string of the molecule is Cc1nn(Cc2ccccc2)c(C)c1NC(=O)c1cc(CC(C)C)on1. The van der Waals surface area contributed by atoms with Crippen molar-refractivity contribution in [3.8, 4) is 0 Å². The van der Waals surface area contributed by atoms with Gasteiger partial charge in [0.15, 0.2) is 5.69 Å². The summed E-state index contributed by atoms with van der Waals surface area (Å²) in [6.45, 7) is 8.68. The Morgan fingerprint density at radius 1 is 1.23 bits per heavy atom. The Hall–Kier alpha value is -2.89. The highest BCUT2D eigenvalue weighted by molar-refractivity contribution is 6.03. The Balaban J connectivity index is 1.75. The normalized spacial score (nSPS) is 11.1. The Labute approximate surface area is 153 Å². The number of carbonyl (C=O) groups is 1. The quantitative estimate of drug-likeness (QED) is 0.728. The lowest BCUT2D eigenvalue weighted by molar-refractivity contribution is 0.101. The smallest absolute Gasteiger partial charge is 0.277 e. The van der Waals surface area contributed by atoms with Crippen LogP contribution in [0.4, 0.5) is 5.69 Å². The van der Waals surface area contributed by atoms with Crippen LogP contribution in [0.15, 0.2) is 40.9 Å². The van der Waals surface area contributed by atoms with E-state index in [1.807, 2.05) is 36.7 Å². The molecule has 136 valence electrons. The van der Waals surface area contributed by atoms with Gasteiger partial charge in [-0.2, -0.15) is 5.10 Å². The van der Waals surface area contributed by atoms with E-state index in [9.17, 15) is 4.79 Å². The third kappa shape index (κ3) is 4.02. The number of aryl methyl sites for hydroxylation is 1. The third-order valence-electron chi connectivity index (χ3n) is 4.20. The number of benzene rings is 1. The third-order valence-corrected chi connectivity index (χ3v) is 4.20. The second-order valence-electron chi connectivity index (χ2n) is 6.92. The molecule has 0 aliphatic rings. The second-order valence-corrected chi connectivity index (χ2v) is 6.92. The molecule has 0 fully saturated rings. The van der Waals surface area contributed by atoms with Crippen LogP contribution in [0.25, 0.3) is 0 Å². The highest BCUT2D eigenvalue weighted by Gasteiger charge is 2.18. The molecule has 6 heteroatoms. The molecular formula is C20H24N4O2. The van der Waals surface area contributed by atoms with E-state index in [0.717, 1.165) is 34.8 Å². The molecule has 0 aliphatic heterocycles. The molecule has 26 heavy (non-hydrogen) atoms. The highest BCUT2D eigenvalue weighted by Crippen LogP contribution is 2.21. The number of nitrogens with one attached hydrogen (secondary N) is 1. The van der Waals surface area contributed by atoms with Gasteiger partial charge in [0, 0.05) is 12.5 Å². The van der Waals surface area contributed by atoms with Crippen molar-refractivity contribution >= 4 is 11.6 Å². The van der Waals surface area contributed by atoms with E-state index in [0.29, 0.717) is 12.5 Å². The van der Waals surface area contributed by atoms with Gasteiger partial charge in [0.1, 0.15) is 5.76 Å². The van der Waals surface area contributed by atoms with E-state index in [2.05, 4.69) is 41.6 Å². The summed E-state index contributed by atoms with van der Waals surface area (Å²) >= 11 is 0. The predicted octanol–water partition coefficient (Wildman–Crippen LogP) is 3.99. The summed E-state index contributed by atoms with van der Waals surface area (Å²) in [7, 11) is 0. The minimum Gasteiger partial charge on any atom is -0.361 e. The monoisotopic (exact) mass is 352 g/mol. The molecule has 0 radical (unpaired) electrons. The summed E-state index contributed by atoms with van der Waals surface area (Å²) < 4.78 is 7.14. The molecule has 6 nitrogen and oxygen atoms in total. The zero-order valence-corrected chi connectivity index (χ0v) is 15.6. The summed E-state index contributed by atoms with van der Waals surface area (Å²) in [5, 5.41) is 11.4. The first-order valence-electron chi connectivity index (χ1n) is 8.79. The maximum atomic E-state index is 12.5. The van der Waals surface area contributed by atoms with Crippen LogP contribution in [-0.2, 0) is 13.0 Å².